The van der Waals surface area contributed by atoms with Gasteiger partial charge in [-0.3, -0.25) is 0 Å². The van der Waals surface area contributed by atoms with Crippen LogP contribution in [0.15, 0.2) is 0 Å². The standard InChI is InChI=1S/C12H22ClN5S/c1-6-12(7-2,19-5)8-14-10-15-9(13)16-11(17-10)18(3)4/h6-8H2,1-5H3,(H,14,15,16,17). The van der Waals surface area contributed by atoms with Crippen LogP contribution in [0.2, 0.25) is 5.28 Å². The second-order valence-electron chi connectivity index (χ2n) is 4.57. The molecule has 0 aliphatic heterocycles. The molecule has 5 nitrogen and oxygen atoms in total. The number of rotatable bonds is 7. The zero-order valence-corrected chi connectivity index (χ0v) is 13.8. The molecule has 0 fully saturated rings. The van der Waals surface area contributed by atoms with Gasteiger partial charge in [-0.25, -0.2) is 0 Å². The number of hydrogen-bond acceptors (Lipinski definition) is 6. The van der Waals surface area contributed by atoms with E-state index in [1.807, 2.05) is 25.9 Å². The van der Waals surface area contributed by atoms with Crippen molar-refractivity contribution in [3.8, 4) is 0 Å². The lowest BCUT2D eigenvalue weighted by Crippen LogP contribution is -2.32. The lowest BCUT2D eigenvalue weighted by atomic mass is 10.0. The smallest absolute Gasteiger partial charge is 0.230 e. The van der Waals surface area contributed by atoms with E-state index in [1.54, 1.807) is 4.90 Å². The Morgan fingerprint density at radius 2 is 1.84 bits per heavy atom. The molecule has 0 radical (unpaired) electrons. The fraction of sp³-hybridized carbons (Fsp3) is 0.750. The SMILES string of the molecule is CCC(CC)(CNc1nc(Cl)nc(N(C)C)n1)SC. The van der Waals surface area contributed by atoms with E-state index in [9.17, 15) is 0 Å². The molecule has 0 amide bonds. The van der Waals surface area contributed by atoms with E-state index in [-0.39, 0.29) is 10.0 Å². The summed E-state index contributed by atoms with van der Waals surface area (Å²) in [7, 11) is 3.75. The summed E-state index contributed by atoms with van der Waals surface area (Å²) >= 11 is 7.79. The molecule has 19 heavy (non-hydrogen) atoms. The highest BCUT2D eigenvalue weighted by atomic mass is 35.5. The second-order valence-corrected chi connectivity index (χ2v) is 6.18. The van der Waals surface area contributed by atoms with E-state index in [0.29, 0.717) is 11.9 Å². The first-order chi connectivity index (χ1) is 8.96. The number of hydrogen-bond donors (Lipinski definition) is 1. The Morgan fingerprint density at radius 3 is 2.32 bits per heavy atom. The minimum atomic E-state index is 0.206. The Balaban J connectivity index is 2.82. The molecule has 1 rings (SSSR count). The lowest BCUT2D eigenvalue weighted by Gasteiger charge is -2.29. The summed E-state index contributed by atoms with van der Waals surface area (Å²) in [6.07, 6.45) is 4.33. The van der Waals surface area contributed by atoms with Crippen molar-refractivity contribution in [1.29, 1.82) is 0 Å². The molecular formula is C12H22ClN5S. The van der Waals surface area contributed by atoms with E-state index in [4.69, 9.17) is 11.6 Å². The van der Waals surface area contributed by atoms with Crippen molar-refractivity contribution < 1.29 is 0 Å². The predicted octanol–water partition coefficient (Wildman–Crippen LogP) is 2.92. The van der Waals surface area contributed by atoms with Crippen LogP contribution < -0.4 is 10.2 Å². The average Bonchev–Trinajstić information content (AvgIpc) is 2.40. The molecule has 1 heterocycles. The minimum absolute atomic E-state index is 0.206. The zero-order chi connectivity index (χ0) is 14.5. The van der Waals surface area contributed by atoms with Crippen LogP contribution in [0.4, 0.5) is 11.9 Å². The summed E-state index contributed by atoms with van der Waals surface area (Å²) < 4.78 is 0.206. The monoisotopic (exact) mass is 303 g/mol. The number of thioether (sulfide) groups is 1. The van der Waals surface area contributed by atoms with Crippen molar-refractivity contribution >= 4 is 35.3 Å². The van der Waals surface area contributed by atoms with Gasteiger partial charge in [-0.1, -0.05) is 13.8 Å². The first-order valence-electron chi connectivity index (χ1n) is 6.34. The molecule has 1 aromatic rings. The fourth-order valence-electron chi connectivity index (χ4n) is 1.72. The molecule has 0 unspecified atom stereocenters. The number of nitrogens with zero attached hydrogens (tertiary/aromatic N) is 4. The van der Waals surface area contributed by atoms with E-state index < -0.39 is 0 Å². The maximum absolute atomic E-state index is 5.91. The van der Waals surface area contributed by atoms with E-state index in [2.05, 4.69) is 40.4 Å². The largest absolute Gasteiger partial charge is 0.353 e. The Morgan fingerprint density at radius 1 is 1.21 bits per heavy atom. The van der Waals surface area contributed by atoms with Gasteiger partial charge in [-0.15, -0.1) is 0 Å². The van der Waals surface area contributed by atoms with Crippen LogP contribution in [0.1, 0.15) is 26.7 Å². The molecular weight excluding hydrogens is 282 g/mol. The van der Waals surface area contributed by atoms with Crippen LogP contribution in [0, 0.1) is 0 Å². The fourth-order valence-corrected chi connectivity index (χ4v) is 2.67. The molecule has 0 atom stereocenters. The zero-order valence-electron chi connectivity index (χ0n) is 12.2. The Bertz CT molecular complexity index is 401. The van der Waals surface area contributed by atoms with E-state index >= 15 is 0 Å². The summed E-state index contributed by atoms with van der Waals surface area (Å²) in [5.41, 5.74) is 0. The van der Waals surface area contributed by atoms with Crippen LogP contribution in [0.5, 0.6) is 0 Å². The molecule has 0 saturated carbocycles. The Labute approximate surface area is 124 Å². The topological polar surface area (TPSA) is 53.9 Å². The van der Waals surface area contributed by atoms with Crippen LogP contribution in [-0.4, -0.2) is 46.6 Å². The molecule has 7 heteroatoms. The Kier molecular flexibility index (Phi) is 6.13. The molecule has 0 bridgehead atoms. The van der Waals surface area contributed by atoms with Gasteiger partial charge in [0, 0.05) is 25.4 Å². The molecule has 108 valence electrons. The van der Waals surface area contributed by atoms with Gasteiger partial charge >= 0.3 is 0 Å². The van der Waals surface area contributed by atoms with Crippen molar-refractivity contribution in [2.45, 2.75) is 31.4 Å². The molecule has 1 aromatic heterocycles. The summed E-state index contributed by atoms with van der Waals surface area (Å²) in [5, 5.41) is 3.49. The molecule has 1 N–H and O–H groups in total. The van der Waals surface area contributed by atoms with Gasteiger partial charge in [0.1, 0.15) is 0 Å². The maximum atomic E-state index is 5.91. The van der Waals surface area contributed by atoms with Crippen LogP contribution in [-0.2, 0) is 0 Å². The molecule has 0 aromatic carbocycles. The third-order valence-electron chi connectivity index (χ3n) is 3.29. The second kappa shape index (κ2) is 7.14. The summed E-state index contributed by atoms with van der Waals surface area (Å²) in [4.78, 5) is 14.3. The third kappa shape index (κ3) is 4.38. The summed E-state index contributed by atoms with van der Waals surface area (Å²) in [5.74, 6) is 1.09. The number of anilines is 2. The van der Waals surface area contributed by atoms with E-state index in [0.717, 1.165) is 19.4 Å². The Hall–Kier alpha value is -0.750. The predicted molar refractivity (Wildman–Crippen MR) is 84.5 cm³/mol. The number of halogens is 1. The maximum Gasteiger partial charge on any atom is 0.230 e. The lowest BCUT2D eigenvalue weighted by molar-refractivity contribution is 0.572. The van der Waals surface area contributed by atoms with Gasteiger partial charge in [0.15, 0.2) is 0 Å². The average molecular weight is 304 g/mol. The van der Waals surface area contributed by atoms with Gasteiger partial charge in [0.05, 0.1) is 0 Å². The van der Waals surface area contributed by atoms with E-state index in [1.165, 1.54) is 0 Å². The molecule has 0 aliphatic rings. The third-order valence-corrected chi connectivity index (χ3v) is 5.04. The number of aromatic nitrogens is 3. The van der Waals surface area contributed by atoms with Crippen molar-refractivity contribution in [2.24, 2.45) is 0 Å². The highest BCUT2D eigenvalue weighted by Crippen LogP contribution is 2.30. The van der Waals surface area contributed by atoms with Crippen molar-refractivity contribution in [3.63, 3.8) is 0 Å². The van der Waals surface area contributed by atoms with Crippen molar-refractivity contribution in [1.82, 2.24) is 15.0 Å². The van der Waals surface area contributed by atoms with Gasteiger partial charge < -0.3 is 10.2 Å². The first-order valence-corrected chi connectivity index (χ1v) is 7.94. The molecule has 0 spiro atoms. The quantitative estimate of drug-likeness (QED) is 0.836. The van der Waals surface area contributed by atoms with Crippen molar-refractivity contribution in [2.75, 3.05) is 37.1 Å². The highest BCUT2D eigenvalue weighted by molar-refractivity contribution is 8.00. The molecule has 0 saturated heterocycles. The van der Waals surface area contributed by atoms with Crippen LogP contribution >= 0.6 is 23.4 Å². The van der Waals surface area contributed by atoms with Gasteiger partial charge in [0.2, 0.25) is 17.2 Å². The van der Waals surface area contributed by atoms with Gasteiger partial charge in [0.25, 0.3) is 0 Å². The molecule has 0 aliphatic carbocycles. The summed E-state index contributed by atoms with van der Waals surface area (Å²) in [6.45, 7) is 5.22. The van der Waals surface area contributed by atoms with Gasteiger partial charge in [-0.05, 0) is 30.7 Å². The first kappa shape index (κ1) is 16.3. The van der Waals surface area contributed by atoms with Gasteiger partial charge in [-0.2, -0.15) is 26.7 Å². The highest BCUT2D eigenvalue weighted by Gasteiger charge is 2.25. The van der Waals surface area contributed by atoms with Crippen LogP contribution in [0.3, 0.4) is 0 Å². The number of nitrogens with one attached hydrogen (secondary N) is 1. The van der Waals surface area contributed by atoms with Crippen molar-refractivity contribution in [3.05, 3.63) is 5.28 Å². The van der Waals surface area contributed by atoms with Crippen LogP contribution in [0.25, 0.3) is 0 Å². The summed E-state index contributed by atoms with van der Waals surface area (Å²) in [6, 6.07) is 0. The normalized spacial score (nSPS) is 11.5. The minimum Gasteiger partial charge on any atom is -0.353 e.